The molecule has 1 N–H and O–H groups in total. The summed E-state index contributed by atoms with van der Waals surface area (Å²) in [4.78, 5) is 14.9. The summed E-state index contributed by atoms with van der Waals surface area (Å²) in [5.74, 6) is 0.635. The van der Waals surface area contributed by atoms with E-state index in [1.807, 2.05) is 0 Å². The fraction of sp³-hybridized carbons (Fsp3) is 0.708. The Bertz CT molecular complexity index is 750. The largest absolute Gasteiger partial charge is 0.462 e. The molecule has 0 unspecified atom stereocenters. The fourth-order valence-corrected chi connectivity index (χ4v) is 5.07. The summed E-state index contributed by atoms with van der Waals surface area (Å²) in [6.07, 6.45) is 9.06. The van der Waals surface area contributed by atoms with Gasteiger partial charge in [0.2, 0.25) is 11.7 Å². The number of aryl methyl sites for hydroxylation is 1. The maximum atomic E-state index is 12.3. The third-order valence-corrected chi connectivity index (χ3v) is 7.29. The van der Waals surface area contributed by atoms with E-state index >= 15 is 0 Å². The molecule has 4 aliphatic rings. The van der Waals surface area contributed by atoms with Crippen molar-refractivity contribution in [2.24, 2.45) is 0 Å². The second-order valence-corrected chi connectivity index (χ2v) is 9.32. The van der Waals surface area contributed by atoms with E-state index in [1.165, 1.54) is 24.8 Å². The summed E-state index contributed by atoms with van der Waals surface area (Å²) in [5, 5.41) is 3.14. The Morgan fingerprint density at radius 2 is 1.93 bits per heavy atom. The Labute approximate surface area is 179 Å². The molecule has 3 aliphatic heterocycles. The smallest absolute Gasteiger partial charge is 0.220 e. The van der Waals surface area contributed by atoms with E-state index in [0.29, 0.717) is 13.0 Å². The molecule has 1 saturated carbocycles. The Morgan fingerprint density at radius 1 is 1.13 bits per heavy atom. The zero-order valence-corrected chi connectivity index (χ0v) is 17.9. The fourth-order valence-electron chi connectivity index (χ4n) is 5.07. The summed E-state index contributed by atoms with van der Waals surface area (Å²) in [7, 11) is 0. The highest BCUT2D eigenvalue weighted by Crippen LogP contribution is 2.39. The average molecular weight is 415 g/mol. The van der Waals surface area contributed by atoms with Crippen molar-refractivity contribution in [3.63, 3.8) is 0 Å². The Balaban J connectivity index is 1.12. The van der Waals surface area contributed by atoms with Crippen molar-refractivity contribution < 1.29 is 19.0 Å². The number of rotatable bonds is 5. The van der Waals surface area contributed by atoms with Gasteiger partial charge in [0.15, 0.2) is 0 Å². The first-order valence-corrected chi connectivity index (χ1v) is 11.8. The molecule has 3 fully saturated rings. The summed E-state index contributed by atoms with van der Waals surface area (Å²) in [6.45, 7) is 4.23. The van der Waals surface area contributed by atoms with Crippen molar-refractivity contribution in [1.82, 2.24) is 10.2 Å². The summed E-state index contributed by atoms with van der Waals surface area (Å²) >= 11 is 0. The van der Waals surface area contributed by atoms with Crippen molar-refractivity contribution in [1.29, 1.82) is 0 Å². The lowest BCUT2D eigenvalue weighted by Gasteiger charge is -2.47. The number of nitrogens with one attached hydrogen (secondary N) is 1. The number of ether oxygens (including phenoxy) is 3. The van der Waals surface area contributed by atoms with Gasteiger partial charge in [-0.15, -0.1) is 0 Å². The van der Waals surface area contributed by atoms with Gasteiger partial charge in [-0.2, -0.15) is 0 Å². The molecule has 30 heavy (non-hydrogen) atoms. The number of benzene rings is 1. The number of carbonyl (C=O) groups is 1. The third-order valence-electron chi connectivity index (χ3n) is 7.29. The molecule has 0 radical (unpaired) electrons. The topological polar surface area (TPSA) is 60.0 Å². The molecule has 0 bridgehead atoms. The van der Waals surface area contributed by atoms with Crippen molar-refractivity contribution >= 4 is 5.91 Å². The number of likely N-dealkylation sites (tertiary alicyclic amines) is 1. The van der Waals surface area contributed by atoms with Gasteiger partial charge in [0, 0.05) is 63.2 Å². The van der Waals surface area contributed by atoms with Gasteiger partial charge in [-0.05, 0) is 49.8 Å². The van der Waals surface area contributed by atoms with Crippen LogP contribution in [-0.2, 0) is 27.3 Å². The highest BCUT2D eigenvalue weighted by atomic mass is 16.7. The summed E-state index contributed by atoms with van der Waals surface area (Å²) < 4.78 is 18.0. The molecule has 6 nitrogen and oxygen atoms in total. The molecule has 3 heterocycles. The van der Waals surface area contributed by atoms with Crippen LogP contribution in [0.4, 0.5) is 0 Å². The van der Waals surface area contributed by atoms with Crippen LogP contribution in [0.3, 0.4) is 0 Å². The Kier molecular flexibility index (Phi) is 5.98. The van der Waals surface area contributed by atoms with Gasteiger partial charge in [-0.25, -0.2) is 0 Å². The minimum atomic E-state index is -0.446. The number of amides is 1. The van der Waals surface area contributed by atoms with E-state index in [0.717, 1.165) is 75.8 Å². The van der Waals surface area contributed by atoms with Crippen molar-refractivity contribution in [3.05, 3.63) is 29.3 Å². The molecule has 5 rings (SSSR count). The SMILES string of the molecule is O=C(CCc1ccc2c(c1)COC1(CCN(C3CCC3)CC1)O2)NC1CCOCC1. The highest BCUT2D eigenvalue weighted by Gasteiger charge is 2.42. The van der Waals surface area contributed by atoms with Crippen LogP contribution in [0.25, 0.3) is 0 Å². The van der Waals surface area contributed by atoms with E-state index < -0.39 is 5.79 Å². The number of hydrogen-bond acceptors (Lipinski definition) is 5. The molecule has 1 amide bonds. The monoisotopic (exact) mass is 414 g/mol. The normalized spacial score (nSPS) is 24.7. The second kappa shape index (κ2) is 8.85. The van der Waals surface area contributed by atoms with Crippen LogP contribution in [0.2, 0.25) is 0 Å². The maximum Gasteiger partial charge on any atom is 0.220 e. The lowest BCUT2D eigenvalue weighted by molar-refractivity contribution is -0.231. The van der Waals surface area contributed by atoms with Crippen LogP contribution < -0.4 is 10.1 Å². The van der Waals surface area contributed by atoms with Crippen LogP contribution in [0.15, 0.2) is 18.2 Å². The van der Waals surface area contributed by atoms with Gasteiger partial charge in [0.05, 0.1) is 6.61 Å². The summed E-state index contributed by atoms with van der Waals surface area (Å²) in [5.41, 5.74) is 2.27. The molecule has 1 aromatic rings. The molecule has 0 atom stereocenters. The van der Waals surface area contributed by atoms with Gasteiger partial charge in [0.25, 0.3) is 0 Å². The van der Waals surface area contributed by atoms with E-state index in [-0.39, 0.29) is 11.9 Å². The predicted octanol–water partition coefficient (Wildman–Crippen LogP) is 3.17. The molecule has 2 saturated heterocycles. The van der Waals surface area contributed by atoms with Crippen molar-refractivity contribution in [3.8, 4) is 5.75 Å². The first kappa shape index (κ1) is 20.3. The van der Waals surface area contributed by atoms with E-state index in [4.69, 9.17) is 14.2 Å². The van der Waals surface area contributed by atoms with Crippen LogP contribution in [0, 0.1) is 0 Å². The quantitative estimate of drug-likeness (QED) is 0.802. The molecule has 1 aliphatic carbocycles. The van der Waals surface area contributed by atoms with E-state index in [9.17, 15) is 4.79 Å². The first-order valence-electron chi connectivity index (χ1n) is 11.8. The minimum absolute atomic E-state index is 0.129. The zero-order valence-electron chi connectivity index (χ0n) is 17.9. The Hall–Kier alpha value is -1.63. The van der Waals surface area contributed by atoms with E-state index in [1.54, 1.807) is 0 Å². The Morgan fingerprint density at radius 3 is 2.67 bits per heavy atom. The molecule has 0 aromatic heterocycles. The first-order chi connectivity index (χ1) is 14.7. The molecular formula is C24H34N2O4. The van der Waals surface area contributed by atoms with Gasteiger partial charge in [-0.3, -0.25) is 9.69 Å². The zero-order chi connectivity index (χ0) is 20.4. The van der Waals surface area contributed by atoms with Crippen molar-refractivity contribution in [2.75, 3.05) is 26.3 Å². The number of piperidine rings is 1. The predicted molar refractivity (Wildman–Crippen MR) is 113 cm³/mol. The standard InChI is InChI=1S/C24H34N2O4/c27-23(25-20-8-14-28-15-9-20)7-5-18-4-6-22-19(16-18)17-29-24(30-22)10-12-26(13-11-24)21-2-1-3-21/h4,6,16,20-21H,1-3,5,7-15,17H2,(H,25,27). The molecule has 164 valence electrons. The summed E-state index contributed by atoms with van der Waals surface area (Å²) in [6, 6.07) is 7.38. The van der Waals surface area contributed by atoms with Crippen LogP contribution >= 0.6 is 0 Å². The minimum Gasteiger partial charge on any atom is -0.462 e. The van der Waals surface area contributed by atoms with Gasteiger partial charge < -0.3 is 19.5 Å². The maximum absolute atomic E-state index is 12.3. The van der Waals surface area contributed by atoms with E-state index in [2.05, 4.69) is 28.4 Å². The van der Waals surface area contributed by atoms with Crippen LogP contribution in [0.5, 0.6) is 5.75 Å². The third kappa shape index (κ3) is 4.51. The molecule has 6 heteroatoms. The number of carbonyl (C=O) groups excluding carboxylic acids is 1. The number of hydrogen-bond donors (Lipinski definition) is 1. The second-order valence-electron chi connectivity index (χ2n) is 9.32. The van der Waals surface area contributed by atoms with Crippen LogP contribution in [0.1, 0.15) is 62.5 Å². The van der Waals surface area contributed by atoms with Crippen molar-refractivity contribution in [2.45, 2.75) is 82.3 Å². The molecular weight excluding hydrogens is 380 g/mol. The number of fused-ring (bicyclic) bond motifs is 1. The highest BCUT2D eigenvalue weighted by molar-refractivity contribution is 5.76. The number of nitrogens with zero attached hydrogens (tertiary/aromatic N) is 1. The average Bonchev–Trinajstić information content (AvgIpc) is 2.73. The van der Waals surface area contributed by atoms with Crippen LogP contribution in [-0.4, -0.2) is 55.0 Å². The van der Waals surface area contributed by atoms with Gasteiger partial charge in [0.1, 0.15) is 5.75 Å². The lowest BCUT2D eigenvalue weighted by Crippen LogP contribution is -2.54. The van der Waals surface area contributed by atoms with Gasteiger partial charge in [-0.1, -0.05) is 12.5 Å². The molecule has 1 spiro atoms. The molecule has 1 aromatic carbocycles. The lowest BCUT2D eigenvalue weighted by atomic mass is 9.89. The van der Waals surface area contributed by atoms with Gasteiger partial charge >= 0.3 is 0 Å².